The number of benzene rings is 1. The van der Waals surface area contributed by atoms with Crippen LogP contribution in [0.3, 0.4) is 0 Å². The summed E-state index contributed by atoms with van der Waals surface area (Å²) >= 11 is 0. The molecular formula is C18H18O2. The molecule has 3 atom stereocenters. The van der Waals surface area contributed by atoms with E-state index in [1.54, 1.807) is 0 Å². The SMILES string of the molecule is Cc1ccc2c(c1)C(=O)C1CC=C3C(C1C2=O)C3(C)C. The molecule has 0 N–H and O–H groups in total. The topological polar surface area (TPSA) is 34.1 Å². The number of hydrogen-bond acceptors (Lipinski definition) is 2. The predicted molar refractivity (Wildman–Crippen MR) is 76.8 cm³/mol. The first kappa shape index (κ1) is 12.1. The van der Waals surface area contributed by atoms with Crippen LogP contribution >= 0.6 is 0 Å². The highest BCUT2D eigenvalue weighted by molar-refractivity contribution is 6.16. The van der Waals surface area contributed by atoms with Crippen molar-refractivity contribution >= 4 is 11.6 Å². The zero-order valence-electron chi connectivity index (χ0n) is 12.1. The molecule has 1 saturated carbocycles. The third-order valence-electron chi connectivity index (χ3n) is 5.50. The average molecular weight is 266 g/mol. The molecule has 4 rings (SSSR count). The molecule has 3 aliphatic carbocycles. The standard InChI is InChI=1S/C18H18O2/c1-9-4-5-10-12(8-9)16(19)11-6-7-13-15(18(13,2)3)14(11)17(10)20/h4-5,7-8,11,14-15H,6H2,1-3H3. The smallest absolute Gasteiger partial charge is 0.168 e. The predicted octanol–water partition coefficient (Wildman–Crippen LogP) is 3.59. The van der Waals surface area contributed by atoms with Crippen molar-refractivity contribution in [2.75, 3.05) is 0 Å². The molecule has 2 nitrogen and oxygen atoms in total. The van der Waals surface area contributed by atoms with Crippen LogP contribution in [0.4, 0.5) is 0 Å². The van der Waals surface area contributed by atoms with Crippen LogP contribution in [0.15, 0.2) is 29.8 Å². The van der Waals surface area contributed by atoms with Gasteiger partial charge in [-0.25, -0.2) is 0 Å². The molecule has 0 saturated heterocycles. The minimum Gasteiger partial charge on any atom is -0.294 e. The van der Waals surface area contributed by atoms with Gasteiger partial charge in [0.2, 0.25) is 0 Å². The first-order valence-corrected chi connectivity index (χ1v) is 7.32. The summed E-state index contributed by atoms with van der Waals surface area (Å²) in [5.41, 5.74) is 3.83. The van der Waals surface area contributed by atoms with Crippen LogP contribution in [0.25, 0.3) is 0 Å². The summed E-state index contributed by atoms with van der Waals surface area (Å²) in [7, 11) is 0. The van der Waals surface area contributed by atoms with Gasteiger partial charge in [-0.15, -0.1) is 0 Å². The number of carbonyl (C=O) groups is 2. The lowest BCUT2D eigenvalue weighted by Gasteiger charge is -2.32. The molecule has 102 valence electrons. The summed E-state index contributed by atoms with van der Waals surface area (Å²) in [5.74, 6) is 0.393. The fraction of sp³-hybridized carbons (Fsp3) is 0.444. The van der Waals surface area contributed by atoms with Crippen molar-refractivity contribution in [1.29, 1.82) is 0 Å². The Morgan fingerprint density at radius 1 is 1.10 bits per heavy atom. The van der Waals surface area contributed by atoms with Crippen LogP contribution in [-0.2, 0) is 0 Å². The van der Waals surface area contributed by atoms with Crippen molar-refractivity contribution in [3.63, 3.8) is 0 Å². The summed E-state index contributed by atoms with van der Waals surface area (Å²) in [6, 6.07) is 5.65. The maximum absolute atomic E-state index is 12.9. The van der Waals surface area contributed by atoms with Crippen molar-refractivity contribution in [3.05, 3.63) is 46.5 Å². The number of fused-ring (bicyclic) bond motifs is 4. The fourth-order valence-corrected chi connectivity index (χ4v) is 4.34. The summed E-state index contributed by atoms with van der Waals surface area (Å²) in [5, 5.41) is 0. The second-order valence-corrected chi connectivity index (χ2v) is 7.00. The second-order valence-electron chi connectivity index (χ2n) is 7.00. The van der Waals surface area contributed by atoms with Gasteiger partial charge >= 0.3 is 0 Å². The molecule has 2 heteroatoms. The normalized spacial score (nSPS) is 33.0. The van der Waals surface area contributed by atoms with E-state index in [9.17, 15) is 9.59 Å². The first-order valence-electron chi connectivity index (χ1n) is 7.32. The Balaban J connectivity index is 1.87. The zero-order chi connectivity index (χ0) is 14.2. The van der Waals surface area contributed by atoms with Gasteiger partial charge in [0, 0.05) is 23.0 Å². The van der Waals surface area contributed by atoms with E-state index >= 15 is 0 Å². The van der Waals surface area contributed by atoms with Crippen molar-refractivity contribution in [3.8, 4) is 0 Å². The van der Waals surface area contributed by atoms with E-state index in [2.05, 4.69) is 19.9 Å². The molecule has 20 heavy (non-hydrogen) atoms. The molecule has 0 bridgehead atoms. The monoisotopic (exact) mass is 266 g/mol. The van der Waals surface area contributed by atoms with Crippen LogP contribution in [-0.4, -0.2) is 11.6 Å². The van der Waals surface area contributed by atoms with E-state index in [1.165, 1.54) is 5.57 Å². The third kappa shape index (κ3) is 1.29. The Morgan fingerprint density at radius 2 is 1.85 bits per heavy atom. The highest BCUT2D eigenvalue weighted by atomic mass is 16.1. The molecule has 0 radical (unpaired) electrons. The Labute approximate surface area is 118 Å². The van der Waals surface area contributed by atoms with Crippen LogP contribution in [0, 0.1) is 30.1 Å². The maximum atomic E-state index is 12.9. The lowest BCUT2D eigenvalue weighted by molar-refractivity contribution is 0.0696. The number of hydrogen-bond donors (Lipinski definition) is 0. The van der Waals surface area contributed by atoms with Gasteiger partial charge < -0.3 is 0 Å². The lowest BCUT2D eigenvalue weighted by Crippen LogP contribution is -2.39. The maximum Gasteiger partial charge on any atom is 0.168 e. The summed E-state index contributed by atoms with van der Waals surface area (Å²) in [4.78, 5) is 25.6. The highest BCUT2D eigenvalue weighted by Crippen LogP contribution is 2.66. The first-order chi connectivity index (χ1) is 9.43. The molecular weight excluding hydrogens is 248 g/mol. The van der Waals surface area contributed by atoms with E-state index in [0.29, 0.717) is 11.1 Å². The summed E-state index contributed by atoms with van der Waals surface area (Å²) in [6.45, 7) is 6.34. The van der Waals surface area contributed by atoms with E-state index in [4.69, 9.17) is 0 Å². The van der Waals surface area contributed by atoms with Gasteiger partial charge in [-0.2, -0.15) is 0 Å². The minimum atomic E-state index is -0.132. The van der Waals surface area contributed by atoms with E-state index < -0.39 is 0 Å². The molecule has 0 aromatic heterocycles. The van der Waals surface area contributed by atoms with Crippen molar-refractivity contribution < 1.29 is 9.59 Å². The molecule has 0 amide bonds. The highest BCUT2D eigenvalue weighted by Gasteiger charge is 2.63. The van der Waals surface area contributed by atoms with Gasteiger partial charge in [-0.05, 0) is 30.7 Å². The van der Waals surface area contributed by atoms with Gasteiger partial charge in [-0.1, -0.05) is 43.2 Å². The molecule has 0 aliphatic heterocycles. The number of aryl methyl sites for hydroxylation is 1. The van der Waals surface area contributed by atoms with E-state index in [1.807, 2.05) is 25.1 Å². The quantitative estimate of drug-likeness (QED) is 0.672. The number of rotatable bonds is 0. The van der Waals surface area contributed by atoms with Crippen molar-refractivity contribution in [2.45, 2.75) is 27.2 Å². The average Bonchev–Trinajstić information content (AvgIpc) is 2.98. The zero-order valence-corrected chi connectivity index (χ0v) is 12.1. The molecule has 1 aromatic rings. The number of allylic oxidation sites excluding steroid dienone is 2. The summed E-state index contributed by atoms with van der Waals surface area (Å²) in [6.07, 6.45) is 2.94. The van der Waals surface area contributed by atoms with Gasteiger partial charge in [0.25, 0.3) is 0 Å². The van der Waals surface area contributed by atoms with Crippen molar-refractivity contribution in [1.82, 2.24) is 0 Å². The lowest BCUT2D eigenvalue weighted by atomic mass is 9.68. The van der Waals surface area contributed by atoms with Gasteiger partial charge in [-0.3, -0.25) is 9.59 Å². The minimum absolute atomic E-state index is 0.109. The number of ketones is 2. The third-order valence-corrected chi connectivity index (χ3v) is 5.50. The van der Waals surface area contributed by atoms with Gasteiger partial charge in [0.1, 0.15) is 0 Å². The Hall–Kier alpha value is -1.70. The Morgan fingerprint density at radius 3 is 2.60 bits per heavy atom. The summed E-state index contributed by atoms with van der Waals surface area (Å²) < 4.78 is 0. The van der Waals surface area contributed by atoms with Crippen LogP contribution < -0.4 is 0 Å². The van der Waals surface area contributed by atoms with Crippen LogP contribution in [0.1, 0.15) is 46.5 Å². The molecule has 1 fully saturated rings. The molecule has 1 aromatic carbocycles. The van der Waals surface area contributed by atoms with Crippen molar-refractivity contribution in [2.24, 2.45) is 23.2 Å². The molecule has 3 aliphatic rings. The Kier molecular flexibility index (Phi) is 2.11. The Bertz CT molecular complexity index is 693. The fourth-order valence-electron chi connectivity index (χ4n) is 4.34. The second kappa shape index (κ2) is 3.49. The van der Waals surface area contributed by atoms with Crippen LogP contribution in [0.5, 0.6) is 0 Å². The molecule has 0 heterocycles. The largest absolute Gasteiger partial charge is 0.294 e. The van der Waals surface area contributed by atoms with Gasteiger partial charge in [0.05, 0.1) is 0 Å². The van der Waals surface area contributed by atoms with Crippen LogP contribution in [0.2, 0.25) is 0 Å². The van der Waals surface area contributed by atoms with Gasteiger partial charge in [0.15, 0.2) is 11.6 Å². The molecule has 0 spiro atoms. The number of carbonyl (C=O) groups excluding carboxylic acids is 2. The number of Topliss-reactive ketones (excluding diaryl/α,β-unsaturated/α-hetero) is 2. The van der Waals surface area contributed by atoms with E-state index in [0.717, 1.165) is 12.0 Å². The molecule has 3 unspecified atom stereocenters. The van der Waals surface area contributed by atoms with E-state index in [-0.39, 0.29) is 34.7 Å².